The number of carbonyl (C=O) groups excluding carboxylic acids is 1. The third kappa shape index (κ3) is 5.52. The van der Waals surface area contributed by atoms with E-state index in [1.54, 1.807) is 13.3 Å². The molecule has 1 fully saturated rings. The Morgan fingerprint density at radius 3 is 2.48 bits per heavy atom. The van der Waals surface area contributed by atoms with Crippen LogP contribution in [0.2, 0.25) is 0 Å². The van der Waals surface area contributed by atoms with Crippen molar-refractivity contribution < 1.29 is 9.53 Å². The number of benzene rings is 2. The molecule has 1 N–H and O–H groups in total. The summed E-state index contributed by atoms with van der Waals surface area (Å²) in [5.74, 6) is 0.530. The number of anilines is 1. The number of piperazine rings is 1. The number of amides is 1. The summed E-state index contributed by atoms with van der Waals surface area (Å²) >= 11 is 0. The smallest absolute Gasteiger partial charge is 0.263 e. The molecule has 0 atom stereocenters. The van der Waals surface area contributed by atoms with Crippen LogP contribution in [0.3, 0.4) is 0 Å². The summed E-state index contributed by atoms with van der Waals surface area (Å²) in [5, 5.41) is 12.2. The number of hydrogen-bond donors (Lipinski definition) is 1. The van der Waals surface area contributed by atoms with Crippen LogP contribution in [0.5, 0.6) is 5.75 Å². The fourth-order valence-corrected chi connectivity index (χ4v) is 3.36. The number of nitrogens with zero attached hydrogens (tertiary/aromatic N) is 3. The van der Waals surface area contributed by atoms with Crippen molar-refractivity contribution in [2.45, 2.75) is 6.42 Å². The molecule has 0 aromatic heterocycles. The van der Waals surface area contributed by atoms with Crippen molar-refractivity contribution in [2.75, 3.05) is 44.7 Å². The molecule has 29 heavy (non-hydrogen) atoms. The topological polar surface area (TPSA) is 68.6 Å². The van der Waals surface area contributed by atoms with E-state index in [1.807, 2.05) is 65.6 Å². The summed E-state index contributed by atoms with van der Waals surface area (Å²) in [6, 6.07) is 19.9. The van der Waals surface area contributed by atoms with Gasteiger partial charge >= 0.3 is 0 Å². The van der Waals surface area contributed by atoms with Crippen molar-refractivity contribution in [1.82, 2.24) is 10.2 Å². The molecular formula is C23H26N4O2. The molecule has 1 aliphatic heterocycles. The van der Waals surface area contributed by atoms with Gasteiger partial charge in [-0.25, -0.2) is 0 Å². The van der Waals surface area contributed by atoms with E-state index in [0.29, 0.717) is 6.54 Å². The van der Waals surface area contributed by atoms with E-state index >= 15 is 0 Å². The molecule has 6 nitrogen and oxygen atoms in total. The van der Waals surface area contributed by atoms with Crippen molar-refractivity contribution >= 4 is 11.6 Å². The van der Waals surface area contributed by atoms with Crippen LogP contribution >= 0.6 is 0 Å². The zero-order valence-electron chi connectivity index (χ0n) is 16.7. The van der Waals surface area contributed by atoms with E-state index in [-0.39, 0.29) is 11.5 Å². The first-order valence-electron chi connectivity index (χ1n) is 9.77. The van der Waals surface area contributed by atoms with Crippen molar-refractivity contribution in [2.24, 2.45) is 0 Å². The van der Waals surface area contributed by atoms with E-state index in [1.165, 1.54) is 0 Å². The summed E-state index contributed by atoms with van der Waals surface area (Å²) < 4.78 is 5.45. The predicted octanol–water partition coefficient (Wildman–Crippen LogP) is 2.58. The van der Waals surface area contributed by atoms with Gasteiger partial charge in [0.25, 0.3) is 5.91 Å². The van der Waals surface area contributed by atoms with Crippen molar-refractivity contribution in [3.63, 3.8) is 0 Å². The monoisotopic (exact) mass is 390 g/mol. The van der Waals surface area contributed by atoms with Crippen LogP contribution in [0, 0.1) is 11.3 Å². The average molecular weight is 390 g/mol. The quantitative estimate of drug-likeness (QED) is 0.581. The van der Waals surface area contributed by atoms with Crippen LogP contribution in [-0.4, -0.2) is 50.6 Å². The van der Waals surface area contributed by atoms with Gasteiger partial charge in [0, 0.05) is 38.9 Å². The van der Waals surface area contributed by atoms with E-state index in [0.717, 1.165) is 49.6 Å². The van der Waals surface area contributed by atoms with Gasteiger partial charge in [-0.1, -0.05) is 42.5 Å². The van der Waals surface area contributed by atoms with Gasteiger partial charge < -0.3 is 19.9 Å². The Hall–Kier alpha value is -3.46. The number of carbonyl (C=O) groups is 1. The third-order valence-electron chi connectivity index (χ3n) is 4.96. The highest BCUT2D eigenvalue weighted by Crippen LogP contribution is 2.28. The molecule has 3 rings (SSSR count). The zero-order chi connectivity index (χ0) is 20.5. The van der Waals surface area contributed by atoms with Crippen LogP contribution in [0.15, 0.2) is 66.4 Å². The normalized spacial score (nSPS) is 14.3. The van der Waals surface area contributed by atoms with E-state index in [2.05, 4.69) is 10.2 Å². The average Bonchev–Trinajstić information content (AvgIpc) is 2.78. The number of hydrogen-bond acceptors (Lipinski definition) is 5. The summed E-state index contributed by atoms with van der Waals surface area (Å²) in [6.07, 6.45) is 2.42. The lowest BCUT2D eigenvalue weighted by Gasteiger charge is -2.36. The molecule has 0 radical (unpaired) electrons. The first kappa shape index (κ1) is 20.3. The van der Waals surface area contributed by atoms with Gasteiger partial charge in [-0.15, -0.1) is 0 Å². The standard InChI is InChI=1S/C23H26N4O2/c1-29-22-10-6-5-9-21(22)27-15-13-26(14-16-27)18-20(17-24)23(28)25-12-11-19-7-3-2-4-8-19/h2-10,18H,11-16H2,1H3,(H,25,28)/b20-18-. The molecule has 0 bridgehead atoms. The molecule has 1 saturated heterocycles. The van der Waals surface area contributed by atoms with Gasteiger partial charge in [0.15, 0.2) is 0 Å². The van der Waals surface area contributed by atoms with Crippen LogP contribution < -0.4 is 15.0 Å². The molecule has 150 valence electrons. The van der Waals surface area contributed by atoms with Gasteiger partial charge in [0.1, 0.15) is 17.4 Å². The van der Waals surface area contributed by atoms with Gasteiger partial charge in [-0.05, 0) is 24.1 Å². The Bertz CT molecular complexity index is 881. The molecule has 6 heteroatoms. The molecule has 2 aromatic rings. The number of ether oxygens (including phenoxy) is 1. The van der Waals surface area contributed by atoms with Gasteiger partial charge in [-0.2, -0.15) is 5.26 Å². The largest absolute Gasteiger partial charge is 0.495 e. The SMILES string of the molecule is COc1ccccc1N1CCN(/C=C(/C#N)C(=O)NCCc2ccccc2)CC1. The highest BCUT2D eigenvalue weighted by Gasteiger charge is 2.19. The van der Waals surface area contributed by atoms with Crippen LogP contribution in [0.1, 0.15) is 5.56 Å². The molecule has 1 amide bonds. The Morgan fingerprint density at radius 1 is 1.10 bits per heavy atom. The van der Waals surface area contributed by atoms with Gasteiger partial charge in [0.2, 0.25) is 0 Å². The molecule has 0 unspecified atom stereocenters. The maximum absolute atomic E-state index is 12.4. The van der Waals surface area contributed by atoms with E-state index < -0.39 is 0 Å². The maximum atomic E-state index is 12.4. The Balaban J connectivity index is 1.52. The van der Waals surface area contributed by atoms with E-state index in [9.17, 15) is 10.1 Å². The van der Waals surface area contributed by atoms with Gasteiger partial charge in [0.05, 0.1) is 12.8 Å². The van der Waals surface area contributed by atoms with Crippen molar-refractivity contribution in [3.8, 4) is 11.8 Å². The second-order valence-corrected chi connectivity index (χ2v) is 6.84. The number of rotatable bonds is 7. The van der Waals surface area contributed by atoms with Crippen LogP contribution in [0.4, 0.5) is 5.69 Å². The van der Waals surface area contributed by atoms with Gasteiger partial charge in [-0.3, -0.25) is 4.79 Å². The Morgan fingerprint density at radius 2 is 1.79 bits per heavy atom. The zero-order valence-corrected chi connectivity index (χ0v) is 16.7. The Kier molecular flexibility index (Phi) is 7.12. The number of nitrogens with one attached hydrogen (secondary N) is 1. The van der Waals surface area contributed by atoms with Crippen LogP contribution in [-0.2, 0) is 11.2 Å². The molecule has 1 heterocycles. The van der Waals surface area contributed by atoms with Crippen LogP contribution in [0.25, 0.3) is 0 Å². The predicted molar refractivity (Wildman–Crippen MR) is 114 cm³/mol. The summed E-state index contributed by atoms with van der Waals surface area (Å²) in [4.78, 5) is 16.6. The summed E-state index contributed by atoms with van der Waals surface area (Å²) in [5.41, 5.74) is 2.37. The van der Waals surface area contributed by atoms with Crippen molar-refractivity contribution in [1.29, 1.82) is 5.26 Å². The molecule has 1 aliphatic rings. The lowest BCUT2D eigenvalue weighted by atomic mass is 10.1. The minimum absolute atomic E-state index is 0.142. The number of methoxy groups -OCH3 is 1. The second-order valence-electron chi connectivity index (χ2n) is 6.84. The molecule has 0 aliphatic carbocycles. The fourth-order valence-electron chi connectivity index (χ4n) is 3.36. The minimum Gasteiger partial charge on any atom is -0.495 e. The molecule has 0 spiro atoms. The van der Waals surface area contributed by atoms with E-state index in [4.69, 9.17) is 4.74 Å². The summed E-state index contributed by atoms with van der Waals surface area (Å²) in [7, 11) is 1.67. The fraction of sp³-hybridized carbons (Fsp3) is 0.304. The molecule has 2 aromatic carbocycles. The maximum Gasteiger partial charge on any atom is 0.263 e. The number of nitriles is 1. The molecular weight excluding hydrogens is 364 g/mol. The lowest BCUT2D eigenvalue weighted by molar-refractivity contribution is -0.117. The first-order chi connectivity index (χ1) is 14.2. The second kappa shape index (κ2) is 10.2. The first-order valence-corrected chi connectivity index (χ1v) is 9.77. The van der Waals surface area contributed by atoms with Crippen molar-refractivity contribution in [3.05, 3.63) is 71.9 Å². The highest BCUT2D eigenvalue weighted by atomic mass is 16.5. The molecule has 0 saturated carbocycles. The highest BCUT2D eigenvalue weighted by molar-refractivity contribution is 5.97. The third-order valence-corrected chi connectivity index (χ3v) is 4.96. The minimum atomic E-state index is -0.324. The lowest BCUT2D eigenvalue weighted by Crippen LogP contribution is -2.44. The Labute approximate surface area is 172 Å². The summed E-state index contributed by atoms with van der Waals surface area (Å²) in [6.45, 7) is 3.57. The number of para-hydroxylation sites is 2.